The summed E-state index contributed by atoms with van der Waals surface area (Å²) < 4.78 is 17.8. The molecule has 0 saturated heterocycles. The minimum Gasteiger partial charge on any atom is -0.393 e. The van der Waals surface area contributed by atoms with Gasteiger partial charge in [0.25, 0.3) is 0 Å². The van der Waals surface area contributed by atoms with Crippen molar-refractivity contribution < 1.29 is 14.2 Å². The van der Waals surface area contributed by atoms with Gasteiger partial charge in [-0.1, -0.05) is 14.4 Å². The molecule has 0 saturated carbocycles. The molecule has 0 aliphatic heterocycles. The quantitative estimate of drug-likeness (QED) is 0.674. The van der Waals surface area contributed by atoms with Crippen LogP contribution in [-0.2, 0) is 4.74 Å². The number of rotatable bonds is 5. The molecule has 0 aromatic carbocycles. The van der Waals surface area contributed by atoms with Crippen LogP contribution in [0.5, 0.6) is 0 Å². The maximum atomic E-state index is 13.1. The third-order valence-electron chi connectivity index (χ3n) is 1.67. The summed E-state index contributed by atoms with van der Waals surface area (Å²) in [5, 5.41) is 8.58. The molecular weight excluding hydrogens is 147 g/mol. The molecule has 0 aromatic rings. The molecule has 0 radical (unpaired) electrons. The third-order valence-corrected chi connectivity index (χ3v) is 1.67. The van der Waals surface area contributed by atoms with Gasteiger partial charge >= 0.3 is 0 Å². The van der Waals surface area contributed by atoms with Crippen LogP contribution in [0.4, 0.5) is 4.39 Å². The number of methoxy groups -OCH3 is 1. The predicted molar refractivity (Wildman–Crippen MR) is 44.4 cm³/mol. The van der Waals surface area contributed by atoms with Crippen LogP contribution >= 0.6 is 0 Å². The van der Waals surface area contributed by atoms with Gasteiger partial charge in [-0.2, -0.15) is 0 Å². The molecule has 0 amide bonds. The molecule has 3 heteroatoms. The van der Waals surface area contributed by atoms with E-state index in [1.165, 1.54) is 7.11 Å². The first-order valence-corrected chi connectivity index (χ1v) is 3.47. The molecule has 11 heavy (non-hydrogen) atoms. The molecule has 0 aliphatic carbocycles. The Morgan fingerprint density at radius 2 is 2.09 bits per heavy atom. The predicted octanol–water partition coefficient (Wildman–Crippen LogP) is 1.77. The summed E-state index contributed by atoms with van der Waals surface area (Å²) in [6, 6.07) is 0. The smallest absolute Gasteiger partial charge is 0.135 e. The van der Waals surface area contributed by atoms with Crippen molar-refractivity contribution in [2.75, 3.05) is 20.3 Å². The molecule has 0 unspecified atom stereocenters. The second-order valence-electron chi connectivity index (χ2n) is 2.41. The summed E-state index contributed by atoms with van der Waals surface area (Å²) in [4.78, 5) is 0. The molecule has 1 N–H and O–H groups in total. The van der Waals surface area contributed by atoms with Gasteiger partial charge in [0.2, 0.25) is 0 Å². The van der Waals surface area contributed by atoms with Gasteiger partial charge in [-0.3, -0.25) is 0 Å². The Bertz CT molecular complexity index is 82.2. The first-order valence-electron chi connectivity index (χ1n) is 3.47. The number of aliphatic hydroxyl groups excluding tert-OH is 1. The highest BCUT2D eigenvalue weighted by Crippen LogP contribution is 2.19. The van der Waals surface area contributed by atoms with E-state index in [1.54, 1.807) is 6.92 Å². The number of hydrogen-bond acceptors (Lipinski definition) is 2. The van der Waals surface area contributed by atoms with Crippen molar-refractivity contribution in [1.82, 2.24) is 0 Å². The fourth-order valence-corrected chi connectivity index (χ4v) is 0.653. The molecule has 0 bridgehead atoms. The minimum atomic E-state index is -1.43. The Labute approximate surface area is 68.4 Å². The maximum Gasteiger partial charge on any atom is 0.135 e. The van der Waals surface area contributed by atoms with E-state index in [1.807, 2.05) is 0 Å². The Balaban J connectivity index is 0. The lowest BCUT2D eigenvalue weighted by Gasteiger charge is -2.19. The molecule has 0 fully saturated rings. The van der Waals surface area contributed by atoms with Crippen LogP contribution in [0.2, 0.25) is 0 Å². The van der Waals surface area contributed by atoms with E-state index >= 15 is 0 Å². The van der Waals surface area contributed by atoms with Gasteiger partial charge in [0.1, 0.15) is 5.67 Å². The van der Waals surface area contributed by atoms with Crippen LogP contribution in [0.25, 0.3) is 0 Å². The molecule has 1 atom stereocenters. The van der Waals surface area contributed by atoms with E-state index in [4.69, 9.17) is 9.84 Å². The SMILES string of the molecule is C.CC[C@](F)(CO)CCOC. The summed E-state index contributed by atoms with van der Waals surface area (Å²) in [6.07, 6.45) is 0.614. The normalized spacial score (nSPS) is 15.3. The zero-order valence-corrected chi connectivity index (χ0v) is 6.56. The number of ether oxygens (including phenoxy) is 1. The highest BCUT2D eigenvalue weighted by atomic mass is 19.1. The number of aliphatic hydroxyl groups is 1. The standard InChI is InChI=1S/C7H15FO2.CH4/c1-3-7(8,6-9)4-5-10-2;/h9H,3-6H2,1-2H3;1H4/t7-;/m1./s1. The van der Waals surface area contributed by atoms with Gasteiger partial charge in [0.05, 0.1) is 6.61 Å². The second kappa shape index (κ2) is 6.55. The van der Waals surface area contributed by atoms with Crippen LogP contribution in [0.3, 0.4) is 0 Å². The molecule has 0 aromatic heterocycles. The van der Waals surface area contributed by atoms with Crippen LogP contribution < -0.4 is 0 Å². The monoisotopic (exact) mass is 166 g/mol. The molecule has 70 valence electrons. The van der Waals surface area contributed by atoms with Crippen molar-refractivity contribution in [3.05, 3.63) is 0 Å². The topological polar surface area (TPSA) is 29.5 Å². The highest BCUT2D eigenvalue weighted by Gasteiger charge is 2.25. The van der Waals surface area contributed by atoms with Crippen LogP contribution in [-0.4, -0.2) is 31.1 Å². The lowest BCUT2D eigenvalue weighted by molar-refractivity contribution is 0.0339. The summed E-state index contributed by atoms with van der Waals surface area (Å²) in [6.45, 7) is 1.67. The van der Waals surface area contributed by atoms with Crippen LogP contribution in [0, 0.1) is 0 Å². The summed E-state index contributed by atoms with van der Waals surface area (Å²) >= 11 is 0. The lowest BCUT2D eigenvalue weighted by atomic mass is 10.0. The summed E-state index contributed by atoms with van der Waals surface area (Å²) in [5.41, 5.74) is -1.43. The third kappa shape index (κ3) is 5.16. The lowest BCUT2D eigenvalue weighted by Crippen LogP contribution is -2.28. The van der Waals surface area contributed by atoms with Crippen molar-refractivity contribution in [1.29, 1.82) is 0 Å². The van der Waals surface area contributed by atoms with Crippen molar-refractivity contribution >= 4 is 0 Å². The molecular formula is C8H19FO2. The summed E-state index contributed by atoms with van der Waals surface area (Å²) in [5.74, 6) is 0. The number of halogens is 1. The van der Waals surface area contributed by atoms with E-state index in [9.17, 15) is 4.39 Å². The zero-order valence-electron chi connectivity index (χ0n) is 6.56. The molecule has 2 nitrogen and oxygen atoms in total. The van der Waals surface area contributed by atoms with E-state index in [0.717, 1.165) is 0 Å². The minimum absolute atomic E-state index is 0. The largest absolute Gasteiger partial charge is 0.393 e. The van der Waals surface area contributed by atoms with Gasteiger partial charge in [-0.15, -0.1) is 0 Å². The van der Waals surface area contributed by atoms with E-state index < -0.39 is 12.3 Å². The van der Waals surface area contributed by atoms with Gasteiger partial charge < -0.3 is 9.84 Å². The summed E-state index contributed by atoms with van der Waals surface area (Å²) in [7, 11) is 1.52. The first kappa shape index (κ1) is 13.4. The van der Waals surface area contributed by atoms with Crippen molar-refractivity contribution in [2.45, 2.75) is 32.9 Å². The molecule has 0 aliphatic rings. The molecule has 0 spiro atoms. The van der Waals surface area contributed by atoms with Gasteiger partial charge in [-0.25, -0.2) is 4.39 Å². The van der Waals surface area contributed by atoms with Crippen molar-refractivity contribution in [3.8, 4) is 0 Å². The Morgan fingerprint density at radius 1 is 1.55 bits per heavy atom. The van der Waals surface area contributed by atoms with Gasteiger partial charge in [0.15, 0.2) is 0 Å². The van der Waals surface area contributed by atoms with Crippen molar-refractivity contribution in [3.63, 3.8) is 0 Å². The Morgan fingerprint density at radius 3 is 2.36 bits per heavy atom. The Hall–Kier alpha value is -0.150. The first-order chi connectivity index (χ1) is 4.68. The zero-order chi connectivity index (χ0) is 8.04. The second-order valence-corrected chi connectivity index (χ2v) is 2.41. The Kier molecular flexibility index (Phi) is 8.01. The van der Waals surface area contributed by atoms with Gasteiger partial charge in [0, 0.05) is 20.1 Å². The number of alkyl halides is 1. The number of hydrogen-bond donors (Lipinski definition) is 1. The fraction of sp³-hybridized carbons (Fsp3) is 1.00. The van der Waals surface area contributed by atoms with E-state index in [0.29, 0.717) is 13.0 Å². The fourth-order valence-electron chi connectivity index (χ4n) is 0.653. The average molecular weight is 166 g/mol. The van der Waals surface area contributed by atoms with Gasteiger partial charge in [-0.05, 0) is 6.42 Å². The van der Waals surface area contributed by atoms with Crippen LogP contribution in [0.15, 0.2) is 0 Å². The van der Waals surface area contributed by atoms with E-state index in [-0.39, 0.29) is 13.8 Å². The highest BCUT2D eigenvalue weighted by molar-refractivity contribution is 4.75. The maximum absolute atomic E-state index is 13.1. The average Bonchev–Trinajstić information content (AvgIpc) is 2.00. The molecule has 0 heterocycles. The van der Waals surface area contributed by atoms with E-state index in [2.05, 4.69) is 0 Å². The van der Waals surface area contributed by atoms with Crippen LogP contribution in [0.1, 0.15) is 27.2 Å². The van der Waals surface area contributed by atoms with Crippen molar-refractivity contribution in [2.24, 2.45) is 0 Å². The molecule has 0 rings (SSSR count).